The number of aliphatic carboxylic acids is 1. The topological polar surface area (TPSA) is 105 Å². The third-order valence-corrected chi connectivity index (χ3v) is 4.09. The number of anilines is 1. The number of nitrogens with one attached hydrogen (secondary N) is 1. The highest BCUT2D eigenvalue weighted by molar-refractivity contribution is 7.09. The van der Waals surface area contributed by atoms with Crippen LogP contribution in [-0.4, -0.2) is 31.8 Å². The molecular weight excluding hydrogens is 256 g/mol. The van der Waals surface area contributed by atoms with Crippen molar-refractivity contribution in [3.63, 3.8) is 0 Å². The smallest absolute Gasteiger partial charge is 0.307 e. The lowest BCUT2D eigenvalue weighted by Crippen LogP contribution is -2.36. The lowest BCUT2D eigenvalue weighted by atomic mass is 9.82. The van der Waals surface area contributed by atoms with Crippen LogP contribution in [-0.2, 0) is 9.59 Å². The van der Waals surface area contributed by atoms with E-state index in [0.717, 1.165) is 18.0 Å². The van der Waals surface area contributed by atoms with E-state index in [1.165, 1.54) is 0 Å². The Kier molecular flexibility index (Phi) is 2.58. The zero-order chi connectivity index (χ0) is 12.7. The van der Waals surface area contributed by atoms with Crippen molar-refractivity contribution in [1.29, 1.82) is 0 Å². The molecule has 0 radical (unpaired) electrons. The van der Waals surface area contributed by atoms with Crippen LogP contribution in [0.1, 0.15) is 6.42 Å². The molecule has 3 rings (SSSR count). The summed E-state index contributed by atoms with van der Waals surface area (Å²) >= 11 is 0.970. The van der Waals surface area contributed by atoms with Crippen molar-refractivity contribution in [2.45, 2.75) is 6.42 Å². The van der Waals surface area contributed by atoms with Crippen LogP contribution in [0.3, 0.4) is 0 Å². The molecule has 2 aliphatic rings. The van der Waals surface area contributed by atoms with Crippen LogP contribution in [0.5, 0.6) is 0 Å². The monoisotopic (exact) mass is 266 g/mol. The minimum atomic E-state index is -0.914. The van der Waals surface area contributed by atoms with E-state index in [9.17, 15) is 14.7 Å². The maximum absolute atomic E-state index is 12.1. The van der Waals surface area contributed by atoms with Crippen molar-refractivity contribution < 1.29 is 14.7 Å². The maximum Gasteiger partial charge on any atom is 0.307 e. The molecule has 1 fully saturated rings. The standard InChI is InChI=1S/C10H10N4O3S/c15-8(11-10-12-13-14-18-10)6-4-1-2-5(3-4)7(6)9(16)17/h1-2,4-7H,3H2,(H,16,17)(H,11,12,14,15). The van der Waals surface area contributed by atoms with Crippen LogP contribution in [0.25, 0.3) is 0 Å². The highest BCUT2D eigenvalue weighted by atomic mass is 32.1. The fourth-order valence-electron chi connectivity index (χ4n) is 2.89. The number of hydrogen-bond acceptors (Lipinski definition) is 6. The number of rotatable bonds is 3. The Bertz CT molecular complexity index is 515. The van der Waals surface area contributed by atoms with E-state index >= 15 is 0 Å². The molecule has 7 nitrogen and oxygen atoms in total. The van der Waals surface area contributed by atoms with Gasteiger partial charge >= 0.3 is 5.97 Å². The average Bonchev–Trinajstić information content (AvgIpc) is 3.03. The van der Waals surface area contributed by atoms with Crippen molar-refractivity contribution in [1.82, 2.24) is 14.8 Å². The fraction of sp³-hybridized carbons (Fsp3) is 0.500. The summed E-state index contributed by atoms with van der Waals surface area (Å²) in [6.07, 6.45) is 4.58. The number of carboxylic acid groups (broad SMARTS) is 1. The van der Waals surface area contributed by atoms with Crippen molar-refractivity contribution >= 4 is 28.5 Å². The molecule has 1 amide bonds. The molecule has 1 aromatic heterocycles. The Morgan fingerprint density at radius 3 is 2.67 bits per heavy atom. The number of carbonyl (C=O) groups excluding carboxylic acids is 1. The third-order valence-electron chi connectivity index (χ3n) is 3.58. The zero-order valence-corrected chi connectivity index (χ0v) is 10.0. The van der Waals surface area contributed by atoms with Gasteiger partial charge in [0.05, 0.1) is 11.8 Å². The van der Waals surface area contributed by atoms with Gasteiger partial charge in [-0.25, -0.2) is 0 Å². The van der Waals surface area contributed by atoms with Crippen molar-refractivity contribution in [2.24, 2.45) is 23.7 Å². The Balaban J connectivity index is 1.80. The van der Waals surface area contributed by atoms with Gasteiger partial charge in [-0.1, -0.05) is 21.7 Å². The molecule has 0 saturated heterocycles. The van der Waals surface area contributed by atoms with E-state index in [2.05, 4.69) is 20.1 Å². The molecule has 4 unspecified atom stereocenters. The summed E-state index contributed by atoms with van der Waals surface area (Å²) in [4.78, 5) is 23.4. The first-order valence-electron chi connectivity index (χ1n) is 5.54. The van der Waals surface area contributed by atoms with Crippen LogP contribution in [0, 0.1) is 23.7 Å². The highest BCUT2D eigenvalue weighted by Gasteiger charge is 2.51. The number of fused-ring (bicyclic) bond motifs is 2. The van der Waals surface area contributed by atoms with E-state index in [1.54, 1.807) is 0 Å². The van der Waals surface area contributed by atoms with Crippen molar-refractivity contribution in [2.75, 3.05) is 5.32 Å². The molecule has 94 valence electrons. The molecule has 4 atom stereocenters. The number of carbonyl (C=O) groups is 2. The lowest BCUT2D eigenvalue weighted by molar-refractivity contribution is -0.146. The first kappa shape index (κ1) is 11.3. The summed E-state index contributed by atoms with van der Waals surface area (Å²) < 4.78 is 3.54. The van der Waals surface area contributed by atoms with Gasteiger partial charge in [-0.05, 0) is 23.5 Å². The second-order valence-corrected chi connectivity index (χ2v) is 5.23. The van der Waals surface area contributed by atoms with E-state index in [0.29, 0.717) is 5.13 Å². The zero-order valence-electron chi connectivity index (χ0n) is 9.18. The summed E-state index contributed by atoms with van der Waals surface area (Å²) in [6.45, 7) is 0. The predicted octanol–water partition coefficient (Wildman–Crippen LogP) is 0.394. The van der Waals surface area contributed by atoms with Crippen molar-refractivity contribution in [3.8, 4) is 0 Å². The van der Waals surface area contributed by atoms with Gasteiger partial charge in [0.25, 0.3) is 0 Å². The normalized spacial score (nSPS) is 32.7. The first-order valence-corrected chi connectivity index (χ1v) is 6.31. The summed E-state index contributed by atoms with van der Waals surface area (Å²) in [5, 5.41) is 19.1. The van der Waals surface area contributed by atoms with E-state index in [-0.39, 0.29) is 17.7 Å². The Labute approximate surface area is 106 Å². The molecule has 2 aliphatic carbocycles. The van der Waals surface area contributed by atoms with Crippen LogP contribution < -0.4 is 5.32 Å². The molecule has 1 aromatic rings. The molecule has 1 saturated carbocycles. The molecule has 18 heavy (non-hydrogen) atoms. The average molecular weight is 266 g/mol. The molecular formula is C10H10N4O3S. The second-order valence-electron chi connectivity index (χ2n) is 4.49. The highest BCUT2D eigenvalue weighted by Crippen LogP contribution is 2.48. The van der Waals surface area contributed by atoms with Gasteiger partial charge in [0.15, 0.2) is 0 Å². The Hall–Kier alpha value is -1.83. The van der Waals surface area contributed by atoms with Gasteiger partial charge in [-0.15, -0.1) is 0 Å². The van der Waals surface area contributed by atoms with Gasteiger partial charge < -0.3 is 5.11 Å². The minimum Gasteiger partial charge on any atom is -0.481 e. The molecule has 2 bridgehead atoms. The number of nitrogens with zero attached hydrogens (tertiary/aromatic N) is 3. The van der Waals surface area contributed by atoms with Crippen LogP contribution in [0.15, 0.2) is 12.2 Å². The first-order chi connectivity index (χ1) is 8.66. The molecule has 2 N–H and O–H groups in total. The van der Waals surface area contributed by atoms with E-state index in [1.807, 2.05) is 12.2 Å². The third kappa shape index (κ3) is 1.69. The van der Waals surface area contributed by atoms with Crippen molar-refractivity contribution in [3.05, 3.63) is 12.2 Å². The summed E-state index contributed by atoms with van der Waals surface area (Å²) in [5.74, 6) is -2.41. The molecule has 0 aromatic carbocycles. The number of aromatic nitrogens is 3. The Morgan fingerprint density at radius 1 is 1.33 bits per heavy atom. The fourth-order valence-corrected chi connectivity index (χ4v) is 3.26. The molecule has 0 aliphatic heterocycles. The van der Waals surface area contributed by atoms with Gasteiger partial charge in [-0.2, -0.15) is 0 Å². The molecule has 0 spiro atoms. The molecule has 8 heteroatoms. The minimum absolute atomic E-state index is 0.0111. The molecule has 1 heterocycles. The SMILES string of the molecule is O=C(O)C1C2C=CC(C2)C1C(=O)Nc1nnns1. The lowest BCUT2D eigenvalue weighted by Gasteiger charge is -2.23. The Morgan fingerprint density at radius 2 is 2.06 bits per heavy atom. The summed E-state index contributed by atoms with van der Waals surface area (Å²) in [6, 6.07) is 0. The summed E-state index contributed by atoms with van der Waals surface area (Å²) in [7, 11) is 0. The second kappa shape index (κ2) is 4.13. The number of hydrogen-bond donors (Lipinski definition) is 2. The summed E-state index contributed by atoms with van der Waals surface area (Å²) in [5.41, 5.74) is 0. The van der Waals surface area contributed by atoms with Gasteiger partial charge in [0.1, 0.15) is 0 Å². The number of allylic oxidation sites excluding steroid dienone is 2. The van der Waals surface area contributed by atoms with E-state index in [4.69, 9.17) is 0 Å². The van der Waals surface area contributed by atoms with Crippen LogP contribution in [0.4, 0.5) is 5.13 Å². The quantitative estimate of drug-likeness (QED) is 0.767. The number of amides is 1. The van der Waals surface area contributed by atoms with Gasteiger partial charge in [0, 0.05) is 11.5 Å². The van der Waals surface area contributed by atoms with Gasteiger partial charge in [0.2, 0.25) is 11.0 Å². The number of carboxylic acids is 1. The maximum atomic E-state index is 12.1. The van der Waals surface area contributed by atoms with Crippen LogP contribution in [0.2, 0.25) is 0 Å². The predicted molar refractivity (Wildman–Crippen MR) is 61.7 cm³/mol. The van der Waals surface area contributed by atoms with Crippen LogP contribution >= 0.6 is 11.5 Å². The van der Waals surface area contributed by atoms with Gasteiger partial charge in [-0.3, -0.25) is 14.9 Å². The largest absolute Gasteiger partial charge is 0.481 e. The van der Waals surface area contributed by atoms with E-state index < -0.39 is 17.8 Å².